The molecule has 28 heavy (non-hydrogen) atoms. The van der Waals surface area contributed by atoms with Crippen molar-refractivity contribution in [1.82, 2.24) is 19.5 Å². The summed E-state index contributed by atoms with van der Waals surface area (Å²) in [7, 11) is 0. The average molecular weight is 519 g/mol. The molecule has 3 amide bonds. The third kappa shape index (κ3) is 5.47. The van der Waals surface area contributed by atoms with Crippen LogP contribution in [0.4, 0.5) is 9.59 Å². The minimum absolute atomic E-state index is 0.00529. The summed E-state index contributed by atoms with van der Waals surface area (Å²) in [5.41, 5.74) is 5.31. The van der Waals surface area contributed by atoms with Gasteiger partial charge in [0.15, 0.2) is 0 Å². The van der Waals surface area contributed by atoms with Crippen molar-refractivity contribution in [3.8, 4) is 0 Å². The molecule has 2 heterocycles. The molecule has 0 bridgehead atoms. The minimum atomic E-state index is -1.03. The lowest BCUT2D eigenvalue weighted by molar-refractivity contribution is -0.123. The molecule has 2 rings (SSSR count). The van der Waals surface area contributed by atoms with Gasteiger partial charge in [0.05, 0.1) is 12.6 Å². The van der Waals surface area contributed by atoms with E-state index in [-0.39, 0.29) is 6.54 Å². The molecule has 0 radical (unpaired) electrons. The van der Waals surface area contributed by atoms with Gasteiger partial charge in [-0.2, -0.15) is 20.3 Å². The third-order valence-corrected chi connectivity index (χ3v) is 5.09. The maximum absolute atomic E-state index is 12.8. The molecule has 0 aliphatic carbocycles. The molecule has 152 valence electrons. The number of hydrogen-bond donors (Lipinski definition) is 1. The Hall–Kier alpha value is -1.62. The molecule has 0 saturated heterocycles. The van der Waals surface area contributed by atoms with Crippen LogP contribution in [0.1, 0.15) is 27.7 Å². The summed E-state index contributed by atoms with van der Waals surface area (Å²) in [6.07, 6.45) is 5.38. The fourth-order valence-corrected chi connectivity index (χ4v) is 4.16. The Morgan fingerprint density at radius 3 is 2.57 bits per heavy atom. The first-order valence-corrected chi connectivity index (χ1v) is 14.2. The van der Waals surface area contributed by atoms with Crippen LogP contribution >= 0.6 is 20.3 Å². The van der Waals surface area contributed by atoms with Gasteiger partial charge in [0, 0.05) is 12.4 Å². The first-order valence-electron chi connectivity index (χ1n) is 8.52. The van der Waals surface area contributed by atoms with E-state index >= 15 is 0 Å². The van der Waals surface area contributed by atoms with Crippen molar-refractivity contribution < 1.29 is 23.0 Å². The second-order valence-corrected chi connectivity index (χ2v) is 9.58. The van der Waals surface area contributed by atoms with Crippen LogP contribution in [0.25, 0.3) is 0 Å². The van der Waals surface area contributed by atoms with E-state index < -0.39 is 48.0 Å². The van der Waals surface area contributed by atoms with Crippen molar-refractivity contribution in [3.63, 3.8) is 0 Å². The Labute approximate surface area is 180 Å². The topological polar surface area (TPSA) is 120 Å². The quantitative estimate of drug-likeness (QED) is 0.277. The van der Waals surface area contributed by atoms with Crippen molar-refractivity contribution >= 4 is 50.6 Å². The number of nitrogens with zero attached hydrogens (tertiary/aromatic N) is 4. The highest BCUT2D eigenvalue weighted by molar-refractivity contribution is 14.1. The Morgan fingerprint density at radius 2 is 2.07 bits per heavy atom. The van der Waals surface area contributed by atoms with Crippen molar-refractivity contribution in [2.24, 2.45) is 5.73 Å². The number of hydroxylamine groups is 2. The smallest absolute Gasteiger partial charge is 0.444 e. The van der Waals surface area contributed by atoms with Crippen molar-refractivity contribution in [3.05, 3.63) is 30.4 Å². The summed E-state index contributed by atoms with van der Waals surface area (Å²) in [6.45, 7) is 6.88. The van der Waals surface area contributed by atoms with Crippen LogP contribution in [-0.4, -0.2) is 74.0 Å². The van der Waals surface area contributed by atoms with E-state index in [0.29, 0.717) is 5.57 Å². The van der Waals surface area contributed by atoms with Gasteiger partial charge in [0.25, 0.3) is 0 Å². The van der Waals surface area contributed by atoms with Crippen LogP contribution in [0.2, 0.25) is 0 Å². The molecule has 12 heteroatoms. The zero-order valence-electron chi connectivity index (χ0n) is 16.2. The summed E-state index contributed by atoms with van der Waals surface area (Å²) < 4.78 is 12.4. The fourth-order valence-electron chi connectivity index (χ4n) is 2.85. The Kier molecular flexibility index (Phi) is 7.49. The van der Waals surface area contributed by atoms with Crippen LogP contribution in [0.15, 0.2) is 30.4 Å². The van der Waals surface area contributed by atoms with Gasteiger partial charge in [-0.15, -0.1) is 0 Å². The van der Waals surface area contributed by atoms with Gasteiger partial charge in [-0.05, 0) is 33.3 Å². The molecule has 2 N–H and O–H groups in total. The van der Waals surface area contributed by atoms with Crippen LogP contribution in [0.3, 0.4) is 0 Å². The number of amides is 3. The average Bonchev–Trinajstić information content (AvgIpc) is 3.11. The van der Waals surface area contributed by atoms with E-state index in [2.05, 4.69) is 25.3 Å². The van der Waals surface area contributed by atoms with E-state index in [1.165, 1.54) is 33.3 Å². The number of carbonyl (C=O) groups is 3. The van der Waals surface area contributed by atoms with Gasteiger partial charge >= 0.3 is 24.4 Å². The Bertz CT molecular complexity index is 764. The van der Waals surface area contributed by atoms with Crippen LogP contribution < -0.4 is 5.73 Å². The Balaban J connectivity index is 2.36. The molecular weight excluding hydrogens is 496 g/mol. The molecule has 1 aromatic rings. The van der Waals surface area contributed by atoms with Gasteiger partial charge < -0.3 is 14.4 Å². The molecule has 2 atom stereocenters. The Morgan fingerprint density at radius 1 is 1.39 bits per heavy atom. The predicted octanol–water partition coefficient (Wildman–Crippen LogP) is 1.21. The van der Waals surface area contributed by atoms with Crippen LogP contribution in [-0.2, 0) is 13.4 Å². The maximum atomic E-state index is 12.8. The van der Waals surface area contributed by atoms with Gasteiger partial charge in [-0.1, -0.05) is 6.08 Å². The lowest BCUT2D eigenvalue weighted by Crippen LogP contribution is -2.58. The standard InChI is InChI=1S/C16H22N5O5.Al.HI.H/c1-10-7-11(21(25)14(23)19-6-5-18-9-19)8-20(12(10)13(17)22)15(24)26-16(2,3)4;;;/h5-7,9,11-12H,8H2,1-4H3,(H2,17,22);;1H;/q-1;+2;;/p-1/t11-,12+;;;/m1.../s1. The molecule has 0 unspecified atom stereocenters. The fraction of sp³-hybridized carbons (Fsp3) is 0.500. The number of imidazole rings is 1. The molecular formula is C16H23AlIN5O5. The summed E-state index contributed by atoms with van der Waals surface area (Å²) in [4.78, 5) is 42.6. The number of aromatic nitrogens is 2. The number of primary amides is 1. The summed E-state index contributed by atoms with van der Waals surface area (Å²) in [5, 5.41) is 1.21. The number of nitrogens with two attached hydrogens (primary N) is 1. The number of ether oxygens (including phenoxy) is 1. The SMILES string of the molecule is CC1=C[C@@H](N([O][AlH][I])C(=O)n2ccnc2)CN(C(=O)OC(C)(C)C)[C@@H]1C(N)=O. The predicted molar refractivity (Wildman–Crippen MR) is 111 cm³/mol. The van der Waals surface area contributed by atoms with Gasteiger partial charge in [-0.3, -0.25) is 14.3 Å². The summed E-state index contributed by atoms with van der Waals surface area (Å²) in [6, 6.07) is -2.01. The number of carbonyl (C=O) groups excluding carboxylic acids is 3. The number of halogens is 1. The van der Waals surface area contributed by atoms with E-state index in [0.717, 1.165) is 0 Å². The molecule has 10 nitrogen and oxygen atoms in total. The molecule has 1 aromatic heterocycles. The lowest BCUT2D eigenvalue weighted by atomic mass is 9.98. The molecule has 0 saturated carbocycles. The molecule has 0 fully saturated rings. The monoisotopic (exact) mass is 519 g/mol. The second-order valence-electron chi connectivity index (χ2n) is 7.23. The van der Waals surface area contributed by atoms with E-state index in [1.54, 1.807) is 33.8 Å². The largest absolute Gasteiger partial charge is 0.557 e. The van der Waals surface area contributed by atoms with Crippen molar-refractivity contribution in [2.45, 2.75) is 45.4 Å². The first-order chi connectivity index (χ1) is 13.0. The van der Waals surface area contributed by atoms with E-state index in [1.807, 2.05) is 0 Å². The first kappa shape index (κ1) is 22.7. The van der Waals surface area contributed by atoms with Crippen molar-refractivity contribution in [1.29, 1.82) is 0 Å². The zero-order chi connectivity index (χ0) is 21.1. The van der Waals surface area contributed by atoms with E-state index in [9.17, 15) is 14.4 Å². The number of hydrogen-bond acceptors (Lipinski definition) is 6. The molecule has 1 aliphatic rings. The summed E-state index contributed by atoms with van der Waals surface area (Å²) in [5.74, 6) is -0.672. The lowest BCUT2D eigenvalue weighted by Gasteiger charge is -2.41. The molecule has 1 aliphatic heterocycles. The van der Waals surface area contributed by atoms with Crippen molar-refractivity contribution in [2.75, 3.05) is 6.54 Å². The van der Waals surface area contributed by atoms with Gasteiger partial charge in [-0.25, -0.2) is 19.6 Å². The summed E-state index contributed by atoms with van der Waals surface area (Å²) >= 11 is 1.07. The van der Waals surface area contributed by atoms with Crippen LogP contribution in [0.5, 0.6) is 0 Å². The van der Waals surface area contributed by atoms with E-state index in [4.69, 9.17) is 14.4 Å². The molecule has 0 spiro atoms. The normalized spacial score (nSPS) is 19.6. The minimum Gasteiger partial charge on any atom is -0.444 e. The highest BCUT2D eigenvalue weighted by Crippen LogP contribution is 2.24. The highest BCUT2D eigenvalue weighted by Gasteiger charge is 2.40. The van der Waals surface area contributed by atoms with Crippen LogP contribution in [0, 0.1) is 0 Å². The number of rotatable bonds is 4. The highest BCUT2D eigenvalue weighted by atomic mass is 127. The second kappa shape index (κ2) is 9.25. The van der Waals surface area contributed by atoms with Gasteiger partial charge in [0.1, 0.15) is 18.0 Å². The molecule has 0 aromatic carbocycles. The third-order valence-electron chi connectivity index (χ3n) is 3.88. The van der Waals surface area contributed by atoms with Gasteiger partial charge in [0.2, 0.25) is 5.91 Å². The maximum Gasteiger partial charge on any atom is 0.557 e. The zero-order valence-corrected chi connectivity index (χ0v) is 19.7.